The number of benzene rings is 3. The third kappa shape index (κ3) is 5.89. The van der Waals surface area contributed by atoms with E-state index in [1.54, 1.807) is 18.2 Å². The summed E-state index contributed by atoms with van der Waals surface area (Å²) in [5.74, 6) is -0.0854. The van der Waals surface area contributed by atoms with Crippen LogP contribution in [0.2, 0.25) is 0 Å². The van der Waals surface area contributed by atoms with Crippen molar-refractivity contribution < 1.29 is 18.7 Å². The fourth-order valence-electron chi connectivity index (χ4n) is 2.54. The molecule has 7 heteroatoms. The molecule has 0 saturated carbocycles. The van der Waals surface area contributed by atoms with Crippen LogP contribution in [-0.2, 0) is 4.79 Å². The normalized spacial score (nSPS) is 10.3. The van der Waals surface area contributed by atoms with Crippen molar-refractivity contribution >= 4 is 33.4 Å². The topological polar surface area (TPSA) is 67.4 Å². The van der Waals surface area contributed by atoms with Gasteiger partial charge in [-0.3, -0.25) is 9.59 Å². The maximum atomic E-state index is 13.3. The Labute approximate surface area is 176 Å². The SMILES string of the molecule is O=C(CCNC(=O)c1cc(F)ccc1Br)Nc1ccccc1Oc1ccccc1. The molecule has 5 nitrogen and oxygen atoms in total. The maximum Gasteiger partial charge on any atom is 0.252 e. The number of nitrogens with one attached hydrogen (secondary N) is 2. The summed E-state index contributed by atoms with van der Waals surface area (Å²) in [4.78, 5) is 24.4. The summed E-state index contributed by atoms with van der Waals surface area (Å²) in [5, 5.41) is 5.39. The average Bonchev–Trinajstić information content (AvgIpc) is 2.72. The highest BCUT2D eigenvalue weighted by Gasteiger charge is 2.12. The summed E-state index contributed by atoms with van der Waals surface area (Å²) < 4.78 is 19.6. The zero-order valence-corrected chi connectivity index (χ0v) is 16.9. The fraction of sp³-hybridized carbons (Fsp3) is 0.0909. The molecule has 148 valence electrons. The van der Waals surface area contributed by atoms with Crippen LogP contribution < -0.4 is 15.4 Å². The number of amides is 2. The highest BCUT2D eigenvalue weighted by molar-refractivity contribution is 9.10. The number of halogens is 2. The first kappa shape index (κ1) is 20.5. The van der Waals surface area contributed by atoms with E-state index < -0.39 is 11.7 Å². The molecule has 0 aliphatic heterocycles. The summed E-state index contributed by atoms with van der Waals surface area (Å²) in [6.45, 7) is 0.106. The molecule has 0 atom stereocenters. The molecule has 0 radical (unpaired) electrons. The third-order valence-electron chi connectivity index (χ3n) is 3.94. The Kier molecular flexibility index (Phi) is 6.97. The van der Waals surface area contributed by atoms with Gasteiger partial charge in [0.1, 0.15) is 11.6 Å². The quantitative estimate of drug-likeness (QED) is 0.517. The standard InChI is InChI=1S/C22H18BrFN2O3/c23-18-11-10-15(24)14-17(18)22(28)25-13-12-21(27)26-19-8-4-5-9-20(19)29-16-6-2-1-3-7-16/h1-11,14H,12-13H2,(H,25,28)(H,26,27). The largest absolute Gasteiger partial charge is 0.455 e. The summed E-state index contributed by atoms with van der Waals surface area (Å²) >= 11 is 3.21. The summed E-state index contributed by atoms with van der Waals surface area (Å²) in [7, 11) is 0. The van der Waals surface area contributed by atoms with E-state index in [-0.39, 0.29) is 24.4 Å². The summed E-state index contributed by atoms with van der Waals surface area (Å²) in [6, 6.07) is 20.2. The molecular weight excluding hydrogens is 439 g/mol. The van der Waals surface area contributed by atoms with E-state index in [0.717, 1.165) is 6.07 Å². The second-order valence-electron chi connectivity index (χ2n) is 6.09. The molecule has 2 N–H and O–H groups in total. The number of carbonyl (C=O) groups excluding carboxylic acids is 2. The molecule has 3 rings (SSSR count). The molecule has 29 heavy (non-hydrogen) atoms. The average molecular weight is 457 g/mol. The lowest BCUT2D eigenvalue weighted by Gasteiger charge is -2.12. The van der Waals surface area contributed by atoms with Crippen molar-refractivity contribution in [2.75, 3.05) is 11.9 Å². The van der Waals surface area contributed by atoms with E-state index in [2.05, 4.69) is 26.6 Å². The minimum atomic E-state index is -0.508. The zero-order valence-electron chi connectivity index (χ0n) is 15.3. The van der Waals surface area contributed by atoms with Gasteiger partial charge in [0.25, 0.3) is 5.91 Å². The molecular formula is C22H18BrFN2O3. The first-order chi connectivity index (χ1) is 14.0. The number of anilines is 1. The molecule has 3 aromatic carbocycles. The van der Waals surface area contributed by atoms with Gasteiger partial charge >= 0.3 is 0 Å². The van der Waals surface area contributed by atoms with Crippen LogP contribution in [0.5, 0.6) is 11.5 Å². The zero-order chi connectivity index (χ0) is 20.6. The van der Waals surface area contributed by atoms with Crippen LogP contribution in [0.25, 0.3) is 0 Å². The minimum absolute atomic E-state index is 0.0539. The van der Waals surface area contributed by atoms with E-state index in [9.17, 15) is 14.0 Å². The van der Waals surface area contributed by atoms with E-state index >= 15 is 0 Å². The van der Waals surface area contributed by atoms with Crippen molar-refractivity contribution in [3.63, 3.8) is 0 Å². The van der Waals surface area contributed by atoms with Crippen LogP contribution in [0.1, 0.15) is 16.8 Å². The Morgan fingerprint density at radius 2 is 1.69 bits per heavy atom. The molecule has 0 saturated heterocycles. The molecule has 0 heterocycles. The molecule has 3 aromatic rings. The second kappa shape index (κ2) is 9.84. The van der Waals surface area contributed by atoms with Gasteiger partial charge in [0.2, 0.25) is 5.91 Å². The number of ether oxygens (including phenoxy) is 1. The van der Waals surface area contributed by atoms with Gasteiger partial charge in [0.15, 0.2) is 5.75 Å². The molecule has 0 aliphatic rings. The summed E-state index contributed by atoms with van der Waals surface area (Å²) in [5.41, 5.74) is 0.701. The second-order valence-corrected chi connectivity index (χ2v) is 6.94. The number of para-hydroxylation sites is 3. The van der Waals surface area contributed by atoms with Gasteiger partial charge in [-0.15, -0.1) is 0 Å². The van der Waals surface area contributed by atoms with Crippen LogP contribution >= 0.6 is 15.9 Å². The monoisotopic (exact) mass is 456 g/mol. The van der Waals surface area contributed by atoms with Crippen molar-refractivity contribution in [2.24, 2.45) is 0 Å². The lowest BCUT2D eigenvalue weighted by molar-refractivity contribution is -0.116. The molecule has 2 amide bonds. The predicted molar refractivity (Wildman–Crippen MR) is 113 cm³/mol. The van der Waals surface area contributed by atoms with E-state index in [0.29, 0.717) is 21.7 Å². The fourth-order valence-corrected chi connectivity index (χ4v) is 2.97. The van der Waals surface area contributed by atoms with Crippen molar-refractivity contribution in [2.45, 2.75) is 6.42 Å². The highest BCUT2D eigenvalue weighted by atomic mass is 79.9. The van der Waals surface area contributed by atoms with Gasteiger partial charge in [-0.2, -0.15) is 0 Å². The highest BCUT2D eigenvalue weighted by Crippen LogP contribution is 2.29. The van der Waals surface area contributed by atoms with E-state index in [1.165, 1.54) is 12.1 Å². The van der Waals surface area contributed by atoms with Crippen LogP contribution in [0, 0.1) is 5.82 Å². The molecule has 0 aromatic heterocycles. The Morgan fingerprint density at radius 1 is 0.966 bits per heavy atom. The van der Waals surface area contributed by atoms with Gasteiger partial charge in [-0.25, -0.2) is 4.39 Å². The van der Waals surface area contributed by atoms with Crippen molar-refractivity contribution in [3.8, 4) is 11.5 Å². The van der Waals surface area contributed by atoms with Gasteiger partial charge < -0.3 is 15.4 Å². The van der Waals surface area contributed by atoms with Gasteiger partial charge in [0.05, 0.1) is 11.3 Å². The van der Waals surface area contributed by atoms with Crippen LogP contribution in [0.3, 0.4) is 0 Å². The number of hydrogen-bond donors (Lipinski definition) is 2. The maximum absolute atomic E-state index is 13.3. The predicted octanol–water partition coefficient (Wildman–Crippen LogP) is 5.14. The Balaban J connectivity index is 1.55. The number of hydrogen-bond acceptors (Lipinski definition) is 3. The van der Waals surface area contributed by atoms with Crippen molar-refractivity contribution in [1.82, 2.24) is 5.32 Å². The van der Waals surface area contributed by atoms with E-state index in [4.69, 9.17) is 4.74 Å². The summed E-state index contributed by atoms with van der Waals surface area (Å²) in [6.07, 6.45) is 0.0539. The number of rotatable bonds is 7. The Morgan fingerprint density at radius 3 is 2.48 bits per heavy atom. The van der Waals surface area contributed by atoms with Crippen molar-refractivity contribution in [3.05, 3.63) is 88.6 Å². The van der Waals surface area contributed by atoms with Gasteiger partial charge in [0, 0.05) is 17.4 Å². The van der Waals surface area contributed by atoms with Gasteiger partial charge in [-0.05, 0) is 58.4 Å². The molecule has 0 bridgehead atoms. The molecule has 0 aliphatic carbocycles. The van der Waals surface area contributed by atoms with Crippen LogP contribution in [-0.4, -0.2) is 18.4 Å². The lowest BCUT2D eigenvalue weighted by Crippen LogP contribution is -2.28. The lowest BCUT2D eigenvalue weighted by atomic mass is 10.2. The minimum Gasteiger partial charge on any atom is -0.455 e. The van der Waals surface area contributed by atoms with Crippen molar-refractivity contribution in [1.29, 1.82) is 0 Å². The number of carbonyl (C=O) groups is 2. The Hall–Kier alpha value is -3.19. The molecule has 0 spiro atoms. The van der Waals surface area contributed by atoms with Crippen LogP contribution in [0.4, 0.5) is 10.1 Å². The van der Waals surface area contributed by atoms with Gasteiger partial charge in [-0.1, -0.05) is 30.3 Å². The molecule has 0 unspecified atom stereocenters. The molecule has 0 fully saturated rings. The Bertz CT molecular complexity index is 1010. The first-order valence-corrected chi connectivity index (χ1v) is 9.67. The smallest absolute Gasteiger partial charge is 0.252 e. The van der Waals surface area contributed by atoms with Crippen LogP contribution in [0.15, 0.2) is 77.3 Å². The third-order valence-corrected chi connectivity index (χ3v) is 4.63. The first-order valence-electron chi connectivity index (χ1n) is 8.88. The van der Waals surface area contributed by atoms with E-state index in [1.807, 2.05) is 36.4 Å².